The molecule has 3 amide bonds. The summed E-state index contributed by atoms with van der Waals surface area (Å²) < 4.78 is 9.20. The first kappa shape index (κ1) is 24.4. The number of carbonyl (C=O) groups excluding carboxylic acids is 2. The van der Waals surface area contributed by atoms with Gasteiger partial charge in [0.2, 0.25) is 0 Å². The van der Waals surface area contributed by atoms with Crippen molar-refractivity contribution >= 4 is 52.3 Å². The van der Waals surface area contributed by atoms with Crippen LogP contribution < -0.4 is 16.0 Å². The second-order valence-electron chi connectivity index (χ2n) is 8.78. The lowest BCUT2D eigenvalue weighted by Crippen LogP contribution is -2.19. The van der Waals surface area contributed by atoms with Crippen molar-refractivity contribution in [3.05, 3.63) is 81.5 Å². The molecular weight excluding hydrogens is 488 g/mol. The fraction of sp³-hybridized carbons (Fsp3) is 0.208. The Morgan fingerprint density at radius 1 is 0.971 bits per heavy atom. The van der Waals surface area contributed by atoms with E-state index in [2.05, 4.69) is 30.7 Å². The van der Waals surface area contributed by atoms with Crippen molar-refractivity contribution in [1.29, 1.82) is 0 Å². The fourth-order valence-corrected chi connectivity index (χ4v) is 3.88. The van der Waals surface area contributed by atoms with E-state index in [1.54, 1.807) is 42.5 Å². The van der Waals surface area contributed by atoms with Crippen LogP contribution in [0.15, 0.2) is 59.1 Å². The van der Waals surface area contributed by atoms with Gasteiger partial charge in [-0.2, -0.15) is 0 Å². The molecule has 9 nitrogen and oxygen atoms in total. The number of aromatic nitrogens is 3. The number of hydrogen-bond donors (Lipinski definition) is 3. The standard InChI is InChI=1S/C24H23ClN6O3S/c1-24(2,3)19-13-20(30-34-19)28-23(33)27-17-10-8-16(9-11-17)26-22(32)21-18(35-31-29-21)12-14-4-6-15(25)7-5-14/h4-11,13H,12H2,1-3H3,(H,26,32)(H2,27,28,30,33). The molecule has 2 aromatic heterocycles. The first-order chi connectivity index (χ1) is 16.7. The maximum atomic E-state index is 12.8. The van der Waals surface area contributed by atoms with Gasteiger partial charge in [-0.3, -0.25) is 10.1 Å². The van der Waals surface area contributed by atoms with Gasteiger partial charge in [-0.25, -0.2) is 4.79 Å². The molecule has 0 saturated heterocycles. The summed E-state index contributed by atoms with van der Waals surface area (Å²) in [4.78, 5) is 25.8. The number of nitrogens with zero attached hydrogens (tertiary/aromatic N) is 3. The molecule has 0 fully saturated rings. The highest BCUT2D eigenvalue weighted by molar-refractivity contribution is 7.05. The van der Waals surface area contributed by atoms with Crippen LogP contribution in [-0.4, -0.2) is 26.7 Å². The molecule has 0 unspecified atom stereocenters. The van der Waals surface area contributed by atoms with Gasteiger partial charge in [-0.05, 0) is 53.5 Å². The Balaban J connectivity index is 1.33. The normalized spacial score (nSPS) is 11.2. The maximum absolute atomic E-state index is 12.8. The Labute approximate surface area is 211 Å². The average molecular weight is 511 g/mol. The van der Waals surface area contributed by atoms with Gasteiger partial charge >= 0.3 is 6.03 Å². The Morgan fingerprint density at radius 3 is 2.26 bits per heavy atom. The van der Waals surface area contributed by atoms with Crippen molar-refractivity contribution in [2.75, 3.05) is 16.0 Å². The van der Waals surface area contributed by atoms with E-state index in [4.69, 9.17) is 16.1 Å². The second-order valence-corrected chi connectivity index (χ2v) is 10.1. The summed E-state index contributed by atoms with van der Waals surface area (Å²) in [7, 11) is 0. The molecule has 0 aliphatic carbocycles. The van der Waals surface area contributed by atoms with E-state index in [-0.39, 0.29) is 17.0 Å². The van der Waals surface area contributed by atoms with Crippen LogP contribution in [0, 0.1) is 0 Å². The van der Waals surface area contributed by atoms with Crippen LogP contribution in [0.25, 0.3) is 0 Å². The van der Waals surface area contributed by atoms with Crippen LogP contribution in [0.4, 0.5) is 22.0 Å². The van der Waals surface area contributed by atoms with Gasteiger partial charge < -0.3 is 15.2 Å². The smallest absolute Gasteiger partial charge is 0.324 e. The number of nitrogens with one attached hydrogen (secondary N) is 3. The summed E-state index contributed by atoms with van der Waals surface area (Å²) >= 11 is 7.12. The molecule has 3 N–H and O–H groups in total. The average Bonchev–Trinajstić information content (AvgIpc) is 3.46. The minimum absolute atomic E-state index is 0.213. The molecule has 0 aliphatic rings. The van der Waals surface area contributed by atoms with E-state index in [1.165, 1.54) is 11.5 Å². The third-order valence-electron chi connectivity index (χ3n) is 4.94. The highest BCUT2D eigenvalue weighted by Crippen LogP contribution is 2.25. The van der Waals surface area contributed by atoms with Gasteiger partial charge in [-0.1, -0.05) is 54.1 Å². The van der Waals surface area contributed by atoms with Crippen LogP contribution >= 0.6 is 23.1 Å². The van der Waals surface area contributed by atoms with E-state index in [9.17, 15) is 9.59 Å². The van der Waals surface area contributed by atoms with Crippen molar-refractivity contribution in [1.82, 2.24) is 14.7 Å². The van der Waals surface area contributed by atoms with Crippen LogP contribution in [0.2, 0.25) is 5.02 Å². The SMILES string of the molecule is CC(C)(C)c1cc(NC(=O)Nc2ccc(NC(=O)c3nnsc3Cc3ccc(Cl)cc3)cc2)no1. The Morgan fingerprint density at radius 2 is 1.63 bits per heavy atom. The summed E-state index contributed by atoms with van der Waals surface area (Å²) in [5, 5.41) is 16.7. The van der Waals surface area contributed by atoms with Gasteiger partial charge in [0.25, 0.3) is 5.91 Å². The molecule has 35 heavy (non-hydrogen) atoms. The highest BCUT2D eigenvalue weighted by atomic mass is 35.5. The molecule has 4 aromatic rings. The van der Waals surface area contributed by atoms with Gasteiger partial charge in [0.1, 0.15) is 5.76 Å². The maximum Gasteiger partial charge on any atom is 0.324 e. The number of halogens is 1. The van der Waals surface area contributed by atoms with Gasteiger partial charge in [-0.15, -0.1) is 5.10 Å². The third kappa shape index (κ3) is 6.43. The molecule has 2 aromatic carbocycles. The lowest BCUT2D eigenvalue weighted by atomic mass is 9.93. The van der Waals surface area contributed by atoms with Gasteiger partial charge in [0, 0.05) is 34.3 Å². The van der Waals surface area contributed by atoms with Crippen LogP contribution in [-0.2, 0) is 11.8 Å². The predicted octanol–water partition coefficient (Wildman–Crippen LogP) is 5.96. The summed E-state index contributed by atoms with van der Waals surface area (Å²) in [5.74, 6) is 0.629. The number of amides is 3. The van der Waals surface area contributed by atoms with Gasteiger partial charge in [0.15, 0.2) is 11.5 Å². The number of rotatable bonds is 6. The topological polar surface area (TPSA) is 122 Å². The zero-order valence-corrected chi connectivity index (χ0v) is 20.8. The van der Waals surface area contributed by atoms with E-state index in [0.29, 0.717) is 34.4 Å². The minimum atomic E-state index is -0.462. The number of benzene rings is 2. The van der Waals surface area contributed by atoms with Crippen molar-refractivity contribution < 1.29 is 14.1 Å². The first-order valence-electron chi connectivity index (χ1n) is 10.7. The molecule has 0 spiro atoms. The van der Waals surface area contributed by atoms with Crippen molar-refractivity contribution in [2.45, 2.75) is 32.6 Å². The molecule has 0 atom stereocenters. The second kappa shape index (κ2) is 10.2. The zero-order valence-electron chi connectivity index (χ0n) is 19.3. The monoisotopic (exact) mass is 510 g/mol. The lowest BCUT2D eigenvalue weighted by molar-refractivity contribution is 0.102. The molecule has 0 saturated carbocycles. The molecule has 0 bridgehead atoms. The molecule has 180 valence electrons. The number of hydrogen-bond acceptors (Lipinski definition) is 7. The molecule has 0 aliphatic heterocycles. The quantitative estimate of drug-likeness (QED) is 0.294. The predicted molar refractivity (Wildman–Crippen MR) is 136 cm³/mol. The molecule has 11 heteroatoms. The Hall–Kier alpha value is -3.76. The third-order valence-corrected chi connectivity index (χ3v) is 5.91. The highest BCUT2D eigenvalue weighted by Gasteiger charge is 2.20. The van der Waals surface area contributed by atoms with E-state index >= 15 is 0 Å². The molecular formula is C24H23ClN6O3S. The van der Waals surface area contributed by atoms with E-state index < -0.39 is 6.03 Å². The van der Waals surface area contributed by atoms with E-state index in [0.717, 1.165) is 10.4 Å². The van der Waals surface area contributed by atoms with Crippen LogP contribution in [0.5, 0.6) is 0 Å². The summed E-state index contributed by atoms with van der Waals surface area (Å²) in [6.45, 7) is 5.97. The summed E-state index contributed by atoms with van der Waals surface area (Å²) in [6, 6.07) is 15.3. The fourth-order valence-electron chi connectivity index (χ4n) is 3.08. The van der Waals surface area contributed by atoms with Crippen molar-refractivity contribution in [2.24, 2.45) is 0 Å². The van der Waals surface area contributed by atoms with Crippen molar-refractivity contribution in [3.63, 3.8) is 0 Å². The Bertz CT molecular complexity index is 1330. The Kier molecular flexibility index (Phi) is 7.13. The first-order valence-corrected chi connectivity index (χ1v) is 11.8. The number of carbonyl (C=O) groups is 2. The number of urea groups is 1. The number of anilines is 3. The van der Waals surface area contributed by atoms with E-state index in [1.807, 2.05) is 32.9 Å². The minimum Gasteiger partial charge on any atom is -0.359 e. The molecule has 2 heterocycles. The largest absolute Gasteiger partial charge is 0.359 e. The lowest BCUT2D eigenvalue weighted by Gasteiger charge is -2.12. The van der Waals surface area contributed by atoms with Gasteiger partial charge in [0.05, 0.1) is 4.88 Å². The van der Waals surface area contributed by atoms with Crippen LogP contribution in [0.1, 0.15) is 47.5 Å². The molecule has 4 rings (SSSR count). The van der Waals surface area contributed by atoms with Crippen molar-refractivity contribution in [3.8, 4) is 0 Å². The van der Waals surface area contributed by atoms with Crippen LogP contribution in [0.3, 0.4) is 0 Å². The zero-order chi connectivity index (χ0) is 25.0. The molecule has 0 radical (unpaired) electrons. The summed E-state index contributed by atoms with van der Waals surface area (Å²) in [6.07, 6.45) is 0.526. The summed E-state index contributed by atoms with van der Waals surface area (Å²) in [5.41, 5.74) is 2.16.